The molecule has 1 fully saturated rings. The number of aromatic nitrogens is 1. The highest BCUT2D eigenvalue weighted by atomic mass is 16.2. The first-order valence-corrected chi connectivity index (χ1v) is 12.4. The van der Waals surface area contributed by atoms with Crippen LogP contribution in [0.15, 0.2) is 61.4 Å². The van der Waals surface area contributed by atoms with Gasteiger partial charge in [0, 0.05) is 35.7 Å². The van der Waals surface area contributed by atoms with Crippen LogP contribution in [0.1, 0.15) is 71.6 Å². The molecule has 1 aliphatic heterocycles. The van der Waals surface area contributed by atoms with Crippen LogP contribution in [0.3, 0.4) is 0 Å². The summed E-state index contributed by atoms with van der Waals surface area (Å²) in [5.74, 6) is -0.904. The van der Waals surface area contributed by atoms with Crippen LogP contribution < -0.4 is 10.2 Å². The fourth-order valence-corrected chi connectivity index (χ4v) is 4.48. The maximum Gasteiger partial charge on any atom is 0.250 e. The van der Waals surface area contributed by atoms with E-state index in [2.05, 4.69) is 37.7 Å². The Balaban J connectivity index is 2.16. The third kappa shape index (κ3) is 6.20. The molecule has 0 radical (unpaired) electrons. The molecule has 7 heteroatoms. The van der Waals surface area contributed by atoms with Crippen molar-refractivity contribution in [3.05, 3.63) is 72.6 Å². The Bertz CT molecular complexity index is 1100. The number of amides is 3. The van der Waals surface area contributed by atoms with E-state index in [4.69, 9.17) is 0 Å². The fourth-order valence-electron chi connectivity index (χ4n) is 4.48. The van der Waals surface area contributed by atoms with Crippen molar-refractivity contribution in [3.8, 4) is 0 Å². The second-order valence-electron chi connectivity index (χ2n) is 11.3. The lowest BCUT2D eigenvalue weighted by Gasteiger charge is -2.36. The lowest BCUT2D eigenvalue weighted by atomic mass is 9.87. The number of pyridine rings is 1. The third-order valence-corrected chi connectivity index (χ3v) is 6.25. The largest absolute Gasteiger partial charge is 0.349 e. The van der Waals surface area contributed by atoms with Crippen molar-refractivity contribution >= 4 is 23.4 Å². The van der Waals surface area contributed by atoms with E-state index in [1.54, 1.807) is 29.4 Å². The normalized spacial score (nSPS) is 16.8. The van der Waals surface area contributed by atoms with Crippen LogP contribution in [0.25, 0.3) is 0 Å². The van der Waals surface area contributed by atoms with Gasteiger partial charge in [-0.05, 0) is 68.9 Å². The number of hydrogen-bond acceptors (Lipinski definition) is 4. The van der Waals surface area contributed by atoms with Crippen LogP contribution in [0.2, 0.25) is 0 Å². The summed E-state index contributed by atoms with van der Waals surface area (Å²) >= 11 is 0. The first-order chi connectivity index (χ1) is 16.8. The number of rotatable bonds is 6. The Labute approximate surface area is 214 Å². The van der Waals surface area contributed by atoms with Crippen molar-refractivity contribution in [1.29, 1.82) is 0 Å². The zero-order chi connectivity index (χ0) is 26.7. The van der Waals surface area contributed by atoms with E-state index in [0.29, 0.717) is 30.6 Å². The molecule has 0 aliphatic carbocycles. The number of likely N-dealkylation sites (tertiary alicyclic amines) is 1. The van der Waals surface area contributed by atoms with Crippen molar-refractivity contribution in [1.82, 2.24) is 15.2 Å². The molecule has 2 atom stereocenters. The summed E-state index contributed by atoms with van der Waals surface area (Å²) in [7, 11) is 0. The van der Waals surface area contributed by atoms with E-state index in [0.717, 1.165) is 5.56 Å². The Kier molecular flexibility index (Phi) is 8.02. The van der Waals surface area contributed by atoms with Gasteiger partial charge in [-0.2, -0.15) is 0 Å². The number of nitrogens with one attached hydrogen (secondary N) is 1. The van der Waals surface area contributed by atoms with E-state index in [1.807, 2.05) is 45.0 Å². The SMILES string of the molecule is C=CC(=O)N1CCC[C@@H]1C(=O)N(c1ccc(C(C)(C)C)cc1)C(C(=O)NC(C)(C)C)c1cccnc1. The Hall–Kier alpha value is -3.48. The van der Waals surface area contributed by atoms with Crippen LogP contribution in [0.5, 0.6) is 0 Å². The van der Waals surface area contributed by atoms with E-state index in [9.17, 15) is 14.4 Å². The summed E-state index contributed by atoms with van der Waals surface area (Å²) in [6.07, 6.45) is 5.71. The summed E-state index contributed by atoms with van der Waals surface area (Å²) in [5, 5.41) is 3.04. The highest BCUT2D eigenvalue weighted by Gasteiger charge is 2.42. The van der Waals surface area contributed by atoms with Crippen LogP contribution in [0, 0.1) is 0 Å². The van der Waals surface area contributed by atoms with Crippen molar-refractivity contribution < 1.29 is 14.4 Å². The number of benzene rings is 1. The van der Waals surface area contributed by atoms with Gasteiger partial charge in [0.05, 0.1) is 0 Å². The van der Waals surface area contributed by atoms with Gasteiger partial charge in [0.15, 0.2) is 0 Å². The fraction of sp³-hybridized carbons (Fsp3) is 0.448. The zero-order valence-corrected chi connectivity index (χ0v) is 22.2. The predicted octanol–water partition coefficient (Wildman–Crippen LogP) is 4.55. The van der Waals surface area contributed by atoms with Crippen LogP contribution in [-0.2, 0) is 19.8 Å². The average Bonchev–Trinajstić information content (AvgIpc) is 3.30. The lowest BCUT2D eigenvalue weighted by Crippen LogP contribution is -2.54. The molecule has 7 nitrogen and oxygen atoms in total. The zero-order valence-electron chi connectivity index (χ0n) is 22.2. The summed E-state index contributed by atoms with van der Waals surface area (Å²) in [6.45, 7) is 16.1. The summed E-state index contributed by atoms with van der Waals surface area (Å²) in [4.78, 5) is 47.9. The summed E-state index contributed by atoms with van der Waals surface area (Å²) in [5.41, 5.74) is 1.70. The number of anilines is 1. The predicted molar refractivity (Wildman–Crippen MR) is 142 cm³/mol. The number of hydrogen-bond donors (Lipinski definition) is 1. The van der Waals surface area contributed by atoms with Crippen molar-refractivity contribution in [3.63, 3.8) is 0 Å². The van der Waals surface area contributed by atoms with Gasteiger partial charge in [-0.1, -0.05) is 45.5 Å². The molecule has 0 saturated carbocycles. The molecule has 3 amide bonds. The van der Waals surface area contributed by atoms with Gasteiger partial charge in [-0.15, -0.1) is 0 Å². The van der Waals surface area contributed by atoms with Gasteiger partial charge in [0.25, 0.3) is 5.91 Å². The first kappa shape index (κ1) is 27.1. The molecule has 1 aliphatic rings. The van der Waals surface area contributed by atoms with Gasteiger partial charge < -0.3 is 10.2 Å². The minimum absolute atomic E-state index is 0.0711. The molecule has 192 valence electrons. The number of carbonyl (C=O) groups is 3. The van der Waals surface area contributed by atoms with Crippen LogP contribution in [-0.4, -0.2) is 45.7 Å². The molecule has 1 N–H and O–H groups in total. The summed E-state index contributed by atoms with van der Waals surface area (Å²) in [6, 6.07) is 9.62. The molecule has 1 aromatic carbocycles. The van der Waals surface area contributed by atoms with E-state index in [1.165, 1.54) is 11.0 Å². The number of carbonyl (C=O) groups excluding carboxylic acids is 3. The molecule has 36 heavy (non-hydrogen) atoms. The molecule has 2 heterocycles. The number of nitrogens with zero attached hydrogens (tertiary/aromatic N) is 3. The minimum Gasteiger partial charge on any atom is -0.349 e. The molecule has 0 bridgehead atoms. The minimum atomic E-state index is -0.966. The Morgan fingerprint density at radius 2 is 1.78 bits per heavy atom. The molecule has 1 unspecified atom stereocenters. The highest BCUT2D eigenvalue weighted by Crippen LogP contribution is 2.33. The van der Waals surface area contributed by atoms with Gasteiger partial charge in [-0.25, -0.2) is 0 Å². The van der Waals surface area contributed by atoms with E-state index >= 15 is 0 Å². The standard InChI is InChI=1S/C29H38N4O3/c1-8-24(34)32-18-10-12-23(32)27(36)33(22-15-13-21(14-16-22)28(2,3)4)25(20-11-9-17-30-19-20)26(35)31-29(5,6)7/h8-9,11,13-17,19,23,25H,1,10,12,18H2,2-7H3,(H,31,35)/t23-,25?/m1/s1. The maximum atomic E-state index is 14.2. The lowest BCUT2D eigenvalue weighted by molar-refractivity contribution is -0.135. The summed E-state index contributed by atoms with van der Waals surface area (Å²) < 4.78 is 0. The highest BCUT2D eigenvalue weighted by molar-refractivity contribution is 6.05. The quantitative estimate of drug-likeness (QED) is 0.603. The van der Waals surface area contributed by atoms with E-state index in [-0.39, 0.29) is 23.1 Å². The van der Waals surface area contributed by atoms with Gasteiger partial charge in [0.1, 0.15) is 12.1 Å². The topological polar surface area (TPSA) is 82.6 Å². The van der Waals surface area contributed by atoms with Crippen LogP contribution in [0.4, 0.5) is 5.69 Å². The monoisotopic (exact) mass is 490 g/mol. The average molecular weight is 491 g/mol. The maximum absolute atomic E-state index is 14.2. The first-order valence-electron chi connectivity index (χ1n) is 12.4. The Morgan fingerprint density at radius 3 is 2.31 bits per heavy atom. The second-order valence-corrected chi connectivity index (χ2v) is 11.3. The van der Waals surface area contributed by atoms with Crippen molar-refractivity contribution in [2.45, 2.75) is 77.4 Å². The van der Waals surface area contributed by atoms with Crippen molar-refractivity contribution in [2.24, 2.45) is 0 Å². The van der Waals surface area contributed by atoms with E-state index < -0.39 is 17.6 Å². The molecule has 0 spiro atoms. The molecule has 3 rings (SSSR count). The Morgan fingerprint density at radius 1 is 1.11 bits per heavy atom. The van der Waals surface area contributed by atoms with Crippen LogP contribution >= 0.6 is 0 Å². The second kappa shape index (κ2) is 10.6. The van der Waals surface area contributed by atoms with Gasteiger partial charge >= 0.3 is 0 Å². The van der Waals surface area contributed by atoms with Gasteiger partial charge in [-0.3, -0.25) is 24.3 Å². The molecule has 1 aromatic heterocycles. The molecular weight excluding hydrogens is 452 g/mol. The van der Waals surface area contributed by atoms with Crippen molar-refractivity contribution in [2.75, 3.05) is 11.4 Å². The van der Waals surface area contributed by atoms with Gasteiger partial charge in [0.2, 0.25) is 11.8 Å². The smallest absolute Gasteiger partial charge is 0.250 e. The molecule has 1 saturated heterocycles. The molecular formula is C29H38N4O3. The third-order valence-electron chi connectivity index (χ3n) is 6.25. The molecule has 2 aromatic rings.